The Hall–Kier alpha value is -2.19. The molecule has 2 aromatic heterocycles. The highest BCUT2D eigenvalue weighted by Crippen LogP contribution is 2.32. The predicted octanol–water partition coefficient (Wildman–Crippen LogP) is 4.72. The van der Waals surface area contributed by atoms with Gasteiger partial charge in [-0.1, -0.05) is 6.07 Å². The fraction of sp³-hybridized carbons (Fsp3) is 0.188. The molecule has 0 radical (unpaired) electrons. The summed E-state index contributed by atoms with van der Waals surface area (Å²) in [7, 11) is 0. The van der Waals surface area contributed by atoms with Crippen LogP contribution in [-0.2, 0) is 0 Å². The van der Waals surface area contributed by atoms with E-state index in [0.717, 1.165) is 34.0 Å². The molecule has 2 heterocycles. The standard InChI is InChI=1S/C16H13F2N3OS2/c1-7-9(3)23-16(20-7)21-14(22)13-8(2)19-15(24-13)12-10(17)5-4-6-11(12)18/h4-6H,1-3H3,(H,20,21,22). The summed E-state index contributed by atoms with van der Waals surface area (Å²) < 4.78 is 27.8. The number of carbonyl (C=O) groups is 1. The van der Waals surface area contributed by atoms with Crippen LogP contribution in [0, 0.1) is 32.4 Å². The van der Waals surface area contributed by atoms with E-state index >= 15 is 0 Å². The van der Waals surface area contributed by atoms with Crippen molar-refractivity contribution >= 4 is 33.7 Å². The smallest absolute Gasteiger partial charge is 0.269 e. The van der Waals surface area contributed by atoms with Gasteiger partial charge in [-0.15, -0.1) is 22.7 Å². The minimum atomic E-state index is -0.707. The van der Waals surface area contributed by atoms with Gasteiger partial charge in [-0.05, 0) is 32.9 Å². The second kappa shape index (κ2) is 6.37. The Labute approximate surface area is 145 Å². The molecular formula is C16H13F2N3OS2. The number of rotatable bonds is 3. The van der Waals surface area contributed by atoms with Crippen LogP contribution >= 0.6 is 22.7 Å². The monoisotopic (exact) mass is 365 g/mol. The quantitative estimate of drug-likeness (QED) is 0.730. The number of hydrogen-bond acceptors (Lipinski definition) is 5. The molecule has 0 bridgehead atoms. The zero-order chi connectivity index (χ0) is 17.4. The first-order valence-corrected chi connectivity index (χ1v) is 8.67. The molecule has 0 atom stereocenters. The molecule has 0 aliphatic rings. The van der Waals surface area contributed by atoms with E-state index in [1.807, 2.05) is 13.8 Å². The molecule has 0 saturated heterocycles. The van der Waals surface area contributed by atoms with Crippen LogP contribution in [0.15, 0.2) is 18.2 Å². The van der Waals surface area contributed by atoms with Crippen LogP contribution in [0.4, 0.5) is 13.9 Å². The van der Waals surface area contributed by atoms with E-state index < -0.39 is 11.6 Å². The molecule has 0 saturated carbocycles. The number of hydrogen-bond donors (Lipinski definition) is 1. The number of halogens is 2. The van der Waals surface area contributed by atoms with Crippen LogP contribution < -0.4 is 5.32 Å². The lowest BCUT2D eigenvalue weighted by atomic mass is 10.2. The summed E-state index contributed by atoms with van der Waals surface area (Å²) in [6.07, 6.45) is 0. The summed E-state index contributed by atoms with van der Waals surface area (Å²) in [4.78, 5) is 22.1. The van der Waals surface area contributed by atoms with E-state index in [1.165, 1.54) is 17.4 Å². The van der Waals surface area contributed by atoms with Crippen molar-refractivity contribution < 1.29 is 13.6 Å². The Morgan fingerprint density at radius 3 is 2.29 bits per heavy atom. The molecule has 3 rings (SSSR count). The summed E-state index contributed by atoms with van der Waals surface area (Å²) in [6.45, 7) is 5.41. The molecular weight excluding hydrogens is 352 g/mol. The fourth-order valence-electron chi connectivity index (χ4n) is 2.10. The Kier molecular flexibility index (Phi) is 4.42. The van der Waals surface area contributed by atoms with Crippen LogP contribution in [-0.4, -0.2) is 15.9 Å². The highest BCUT2D eigenvalue weighted by atomic mass is 32.1. The summed E-state index contributed by atoms with van der Waals surface area (Å²) in [5.74, 6) is -1.80. The number of benzene rings is 1. The average molecular weight is 365 g/mol. The predicted molar refractivity (Wildman–Crippen MR) is 91.7 cm³/mol. The lowest BCUT2D eigenvalue weighted by Gasteiger charge is -2.00. The van der Waals surface area contributed by atoms with E-state index in [9.17, 15) is 13.6 Å². The normalized spacial score (nSPS) is 10.9. The molecule has 0 aliphatic carbocycles. The Morgan fingerprint density at radius 1 is 1.04 bits per heavy atom. The second-order valence-electron chi connectivity index (χ2n) is 5.14. The first-order chi connectivity index (χ1) is 11.4. The van der Waals surface area contributed by atoms with Gasteiger partial charge in [-0.3, -0.25) is 10.1 Å². The average Bonchev–Trinajstić information content (AvgIpc) is 3.02. The van der Waals surface area contributed by atoms with E-state index in [1.54, 1.807) is 6.92 Å². The van der Waals surface area contributed by atoms with Gasteiger partial charge in [0.15, 0.2) is 5.13 Å². The van der Waals surface area contributed by atoms with Crippen LogP contribution in [0.5, 0.6) is 0 Å². The lowest BCUT2D eigenvalue weighted by Crippen LogP contribution is -2.11. The molecule has 124 valence electrons. The summed E-state index contributed by atoms with van der Waals surface area (Å²) in [5, 5.41) is 3.33. The molecule has 0 spiro atoms. The number of amides is 1. The van der Waals surface area contributed by atoms with Gasteiger partial charge in [0.2, 0.25) is 0 Å². The first-order valence-electron chi connectivity index (χ1n) is 7.04. The van der Waals surface area contributed by atoms with Crippen molar-refractivity contribution in [1.82, 2.24) is 9.97 Å². The van der Waals surface area contributed by atoms with Crippen LogP contribution in [0.2, 0.25) is 0 Å². The van der Waals surface area contributed by atoms with E-state index in [-0.39, 0.29) is 16.5 Å². The molecule has 1 aromatic carbocycles. The number of aromatic nitrogens is 2. The maximum absolute atomic E-state index is 13.9. The Balaban J connectivity index is 1.93. The first kappa shape index (κ1) is 16.7. The Bertz CT molecular complexity index is 894. The van der Waals surface area contributed by atoms with Gasteiger partial charge in [0.1, 0.15) is 21.5 Å². The van der Waals surface area contributed by atoms with Gasteiger partial charge < -0.3 is 0 Å². The minimum absolute atomic E-state index is 0.139. The summed E-state index contributed by atoms with van der Waals surface area (Å²) >= 11 is 2.33. The zero-order valence-electron chi connectivity index (χ0n) is 13.1. The number of carbonyl (C=O) groups excluding carboxylic acids is 1. The highest BCUT2D eigenvalue weighted by molar-refractivity contribution is 7.18. The van der Waals surface area contributed by atoms with E-state index in [2.05, 4.69) is 15.3 Å². The number of aryl methyl sites for hydroxylation is 3. The number of nitrogens with zero attached hydrogens (tertiary/aromatic N) is 2. The molecule has 1 N–H and O–H groups in total. The lowest BCUT2D eigenvalue weighted by molar-refractivity contribution is 0.103. The zero-order valence-corrected chi connectivity index (χ0v) is 14.7. The maximum atomic E-state index is 13.9. The maximum Gasteiger partial charge on any atom is 0.269 e. The van der Waals surface area contributed by atoms with Gasteiger partial charge in [0.25, 0.3) is 5.91 Å². The molecule has 0 unspecified atom stereocenters. The Morgan fingerprint density at radius 2 is 1.71 bits per heavy atom. The third kappa shape index (κ3) is 3.07. The van der Waals surface area contributed by atoms with Gasteiger partial charge >= 0.3 is 0 Å². The number of anilines is 1. The van der Waals surface area contributed by atoms with Crippen LogP contribution in [0.1, 0.15) is 25.9 Å². The van der Waals surface area contributed by atoms with Gasteiger partial charge in [-0.25, -0.2) is 18.7 Å². The van der Waals surface area contributed by atoms with Crippen molar-refractivity contribution in [3.05, 3.63) is 51.0 Å². The molecule has 3 aromatic rings. The van der Waals surface area contributed by atoms with Crippen molar-refractivity contribution in [3.8, 4) is 10.6 Å². The summed E-state index contributed by atoms with van der Waals surface area (Å²) in [6, 6.07) is 3.61. The largest absolute Gasteiger partial charge is 0.297 e. The van der Waals surface area contributed by atoms with E-state index in [4.69, 9.17) is 0 Å². The number of thiazole rings is 2. The fourth-order valence-corrected chi connectivity index (χ4v) is 3.92. The van der Waals surface area contributed by atoms with E-state index in [0.29, 0.717) is 15.7 Å². The minimum Gasteiger partial charge on any atom is -0.297 e. The third-order valence-electron chi connectivity index (χ3n) is 3.43. The van der Waals surface area contributed by atoms with Gasteiger partial charge in [0, 0.05) is 4.88 Å². The molecule has 0 aliphatic heterocycles. The molecule has 24 heavy (non-hydrogen) atoms. The van der Waals surface area contributed by atoms with Gasteiger partial charge in [0.05, 0.1) is 17.0 Å². The molecule has 1 amide bonds. The van der Waals surface area contributed by atoms with Crippen LogP contribution in [0.3, 0.4) is 0 Å². The number of nitrogens with one attached hydrogen (secondary N) is 1. The molecule has 4 nitrogen and oxygen atoms in total. The highest BCUT2D eigenvalue weighted by Gasteiger charge is 2.21. The molecule has 0 fully saturated rings. The van der Waals surface area contributed by atoms with Crippen molar-refractivity contribution in [3.63, 3.8) is 0 Å². The van der Waals surface area contributed by atoms with Crippen molar-refractivity contribution in [2.24, 2.45) is 0 Å². The van der Waals surface area contributed by atoms with Crippen molar-refractivity contribution in [2.45, 2.75) is 20.8 Å². The van der Waals surface area contributed by atoms with Crippen LogP contribution in [0.25, 0.3) is 10.6 Å². The molecule has 8 heteroatoms. The summed E-state index contributed by atoms with van der Waals surface area (Å²) in [5.41, 5.74) is 1.05. The SMILES string of the molecule is Cc1nc(NC(=O)c2sc(-c3c(F)cccc3F)nc2C)sc1C. The topological polar surface area (TPSA) is 54.9 Å². The second-order valence-corrected chi connectivity index (χ2v) is 7.35. The van der Waals surface area contributed by atoms with Crippen molar-refractivity contribution in [1.29, 1.82) is 0 Å². The van der Waals surface area contributed by atoms with Crippen molar-refractivity contribution in [2.75, 3.05) is 5.32 Å². The third-order valence-corrected chi connectivity index (χ3v) is 5.59. The van der Waals surface area contributed by atoms with Gasteiger partial charge in [-0.2, -0.15) is 0 Å².